The number of likely N-dealkylation sites (tertiary alicyclic amines) is 1. The quantitative estimate of drug-likeness (QED) is 0.913. The Balaban J connectivity index is 1.57. The molecule has 0 aliphatic carbocycles. The van der Waals surface area contributed by atoms with E-state index in [0.717, 1.165) is 37.2 Å². The third-order valence-corrected chi connectivity index (χ3v) is 5.03. The number of aromatic nitrogens is 5. The van der Waals surface area contributed by atoms with Gasteiger partial charge in [-0.25, -0.2) is 14.5 Å². The number of carbonyl (C=O) groups excluding carboxylic acids is 1. The van der Waals surface area contributed by atoms with E-state index in [9.17, 15) is 4.79 Å². The number of urea groups is 1. The Bertz CT molecular complexity index is 722. The molecule has 25 heavy (non-hydrogen) atoms. The van der Waals surface area contributed by atoms with E-state index in [1.165, 1.54) is 5.56 Å². The van der Waals surface area contributed by atoms with Crippen LogP contribution in [-0.4, -0.2) is 54.6 Å². The number of piperidine rings is 1. The first kappa shape index (κ1) is 17.4. The first-order chi connectivity index (χ1) is 12.0. The van der Waals surface area contributed by atoms with Gasteiger partial charge in [0.05, 0.1) is 11.7 Å². The van der Waals surface area contributed by atoms with E-state index in [1.54, 1.807) is 12.7 Å². The van der Waals surface area contributed by atoms with Crippen molar-refractivity contribution in [3.8, 4) is 0 Å². The molecule has 1 aliphatic heterocycles. The van der Waals surface area contributed by atoms with Crippen molar-refractivity contribution < 1.29 is 4.79 Å². The smallest absolute Gasteiger partial charge is 0.317 e. The fourth-order valence-electron chi connectivity index (χ4n) is 3.53. The van der Waals surface area contributed by atoms with Crippen molar-refractivity contribution in [2.45, 2.75) is 52.1 Å². The average Bonchev–Trinajstić information content (AvgIpc) is 3.20. The van der Waals surface area contributed by atoms with Gasteiger partial charge in [-0.3, -0.25) is 4.68 Å². The lowest BCUT2D eigenvalue weighted by Crippen LogP contribution is -2.48. The molecule has 2 aromatic rings. The van der Waals surface area contributed by atoms with Gasteiger partial charge in [0.25, 0.3) is 0 Å². The Labute approximate surface area is 148 Å². The van der Waals surface area contributed by atoms with Crippen LogP contribution in [0.1, 0.15) is 42.8 Å². The molecule has 0 aromatic carbocycles. The van der Waals surface area contributed by atoms with Crippen molar-refractivity contribution in [2.75, 3.05) is 13.1 Å². The number of hydrogen-bond acceptors (Lipinski definition) is 4. The number of carbonyl (C=O) groups is 1. The van der Waals surface area contributed by atoms with Gasteiger partial charge in [-0.05, 0) is 45.6 Å². The zero-order valence-corrected chi connectivity index (χ0v) is 15.4. The van der Waals surface area contributed by atoms with Crippen LogP contribution in [0.3, 0.4) is 0 Å². The molecule has 2 aromatic heterocycles. The van der Waals surface area contributed by atoms with Crippen LogP contribution >= 0.6 is 0 Å². The molecular formula is C17H27N7O. The third-order valence-electron chi connectivity index (χ3n) is 5.03. The molecule has 1 saturated heterocycles. The van der Waals surface area contributed by atoms with Gasteiger partial charge >= 0.3 is 6.03 Å². The highest BCUT2D eigenvalue weighted by molar-refractivity contribution is 5.74. The molecule has 2 amide bonds. The highest BCUT2D eigenvalue weighted by Crippen LogP contribution is 2.20. The Morgan fingerprint density at radius 3 is 2.88 bits per heavy atom. The van der Waals surface area contributed by atoms with Gasteiger partial charge in [-0.2, -0.15) is 10.2 Å². The van der Waals surface area contributed by atoms with Crippen LogP contribution in [0.25, 0.3) is 0 Å². The van der Waals surface area contributed by atoms with E-state index >= 15 is 0 Å². The summed E-state index contributed by atoms with van der Waals surface area (Å²) in [5.41, 5.74) is 3.41. The normalized spacial score (nSPS) is 19.0. The number of hydrogen-bond donors (Lipinski definition) is 1. The Hall–Kier alpha value is -2.38. The Morgan fingerprint density at radius 1 is 1.44 bits per heavy atom. The minimum atomic E-state index is -0.00323. The number of nitrogens with one attached hydrogen (secondary N) is 1. The lowest BCUT2D eigenvalue weighted by Gasteiger charge is -2.33. The SMILES string of the molecule is Cc1nn(C)c(C)c1CC(C)NC(=O)N1CCCC(n2cncn2)C1. The van der Waals surface area contributed by atoms with Crippen LogP contribution < -0.4 is 5.32 Å². The van der Waals surface area contributed by atoms with Crippen molar-refractivity contribution in [3.05, 3.63) is 29.6 Å². The predicted molar refractivity (Wildman–Crippen MR) is 94.2 cm³/mol. The largest absolute Gasteiger partial charge is 0.335 e. The summed E-state index contributed by atoms with van der Waals surface area (Å²) in [6.45, 7) is 7.59. The van der Waals surface area contributed by atoms with Crippen molar-refractivity contribution in [1.29, 1.82) is 0 Å². The second-order valence-electron chi connectivity index (χ2n) is 6.95. The van der Waals surface area contributed by atoms with Crippen LogP contribution in [-0.2, 0) is 13.5 Å². The van der Waals surface area contributed by atoms with Crippen LogP contribution in [0.2, 0.25) is 0 Å². The molecule has 3 rings (SSSR count). The van der Waals surface area contributed by atoms with Crippen LogP contribution in [0.5, 0.6) is 0 Å². The van der Waals surface area contributed by atoms with E-state index in [4.69, 9.17) is 0 Å². The summed E-state index contributed by atoms with van der Waals surface area (Å²) in [5, 5.41) is 11.8. The molecule has 8 nitrogen and oxygen atoms in total. The molecule has 1 aliphatic rings. The lowest BCUT2D eigenvalue weighted by molar-refractivity contribution is 0.160. The van der Waals surface area contributed by atoms with E-state index in [1.807, 2.05) is 35.2 Å². The van der Waals surface area contributed by atoms with Gasteiger partial charge in [0.15, 0.2) is 0 Å². The fourth-order valence-corrected chi connectivity index (χ4v) is 3.53. The molecule has 1 N–H and O–H groups in total. The molecule has 2 unspecified atom stereocenters. The molecule has 3 heterocycles. The Kier molecular flexibility index (Phi) is 5.06. The molecule has 1 fully saturated rings. The molecule has 0 radical (unpaired) electrons. The summed E-state index contributed by atoms with van der Waals surface area (Å²) < 4.78 is 3.75. The molecule has 136 valence electrons. The fraction of sp³-hybridized carbons (Fsp3) is 0.647. The van der Waals surface area contributed by atoms with Gasteiger partial charge in [-0.1, -0.05) is 0 Å². The first-order valence-corrected chi connectivity index (χ1v) is 8.84. The van der Waals surface area contributed by atoms with Crippen LogP contribution in [0, 0.1) is 13.8 Å². The highest BCUT2D eigenvalue weighted by atomic mass is 16.2. The lowest BCUT2D eigenvalue weighted by atomic mass is 10.0. The maximum absolute atomic E-state index is 12.6. The molecule has 2 atom stereocenters. The van der Waals surface area contributed by atoms with Crippen molar-refractivity contribution in [2.24, 2.45) is 7.05 Å². The average molecular weight is 345 g/mol. The van der Waals surface area contributed by atoms with Gasteiger partial charge in [-0.15, -0.1) is 0 Å². The second-order valence-corrected chi connectivity index (χ2v) is 6.95. The Morgan fingerprint density at radius 2 is 2.24 bits per heavy atom. The van der Waals surface area contributed by atoms with Crippen LogP contribution in [0.4, 0.5) is 4.79 Å². The van der Waals surface area contributed by atoms with Gasteiger partial charge in [0.2, 0.25) is 0 Å². The maximum Gasteiger partial charge on any atom is 0.317 e. The van der Waals surface area contributed by atoms with E-state index < -0.39 is 0 Å². The van der Waals surface area contributed by atoms with Gasteiger partial charge in [0, 0.05) is 31.9 Å². The molecule has 0 spiro atoms. The molecule has 0 saturated carbocycles. The first-order valence-electron chi connectivity index (χ1n) is 8.84. The third kappa shape index (κ3) is 3.83. The van der Waals surface area contributed by atoms with Crippen molar-refractivity contribution >= 4 is 6.03 Å². The second kappa shape index (κ2) is 7.25. The summed E-state index contributed by atoms with van der Waals surface area (Å²) in [6.07, 6.45) is 6.06. The number of nitrogens with zero attached hydrogens (tertiary/aromatic N) is 6. The molecule has 8 heteroatoms. The van der Waals surface area contributed by atoms with Crippen molar-refractivity contribution in [1.82, 2.24) is 34.8 Å². The maximum atomic E-state index is 12.6. The monoisotopic (exact) mass is 345 g/mol. The minimum Gasteiger partial charge on any atom is -0.335 e. The van der Waals surface area contributed by atoms with Gasteiger partial charge in [0.1, 0.15) is 12.7 Å². The van der Waals surface area contributed by atoms with E-state index in [-0.39, 0.29) is 18.1 Å². The number of amides is 2. The summed E-state index contributed by atoms with van der Waals surface area (Å²) in [4.78, 5) is 18.5. The zero-order valence-electron chi connectivity index (χ0n) is 15.4. The summed E-state index contributed by atoms with van der Waals surface area (Å²) in [5.74, 6) is 0. The molecular weight excluding hydrogens is 318 g/mol. The van der Waals surface area contributed by atoms with Crippen molar-refractivity contribution in [3.63, 3.8) is 0 Å². The highest BCUT2D eigenvalue weighted by Gasteiger charge is 2.26. The summed E-state index contributed by atoms with van der Waals surface area (Å²) >= 11 is 0. The summed E-state index contributed by atoms with van der Waals surface area (Å²) in [6, 6.07) is 0.262. The molecule has 0 bridgehead atoms. The summed E-state index contributed by atoms with van der Waals surface area (Å²) in [7, 11) is 1.95. The number of aryl methyl sites for hydroxylation is 2. The zero-order chi connectivity index (χ0) is 18.0. The van der Waals surface area contributed by atoms with E-state index in [0.29, 0.717) is 6.54 Å². The number of rotatable bonds is 4. The van der Waals surface area contributed by atoms with E-state index in [2.05, 4.69) is 27.4 Å². The predicted octanol–water partition coefficient (Wildman–Crippen LogP) is 1.61. The minimum absolute atomic E-state index is 0.00323. The topological polar surface area (TPSA) is 80.9 Å². The van der Waals surface area contributed by atoms with Crippen LogP contribution in [0.15, 0.2) is 12.7 Å². The standard InChI is InChI=1S/C17H27N7O/c1-12(8-16-13(2)21-22(4)14(16)3)20-17(25)23-7-5-6-15(9-23)24-11-18-10-19-24/h10-12,15H,5-9H2,1-4H3,(H,20,25). The van der Waals surface area contributed by atoms with Gasteiger partial charge < -0.3 is 10.2 Å².